The highest BCUT2D eigenvalue weighted by Gasteiger charge is 2.03. The minimum atomic E-state index is 0.628. The third-order valence-corrected chi connectivity index (χ3v) is 3.46. The van der Waals surface area contributed by atoms with Crippen molar-refractivity contribution in [1.29, 1.82) is 0 Å². The summed E-state index contributed by atoms with van der Waals surface area (Å²) in [6, 6.07) is 7.69. The van der Waals surface area contributed by atoms with E-state index in [0.29, 0.717) is 18.2 Å². The van der Waals surface area contributed by atoms with Gasteiger partial charge in [0.1, 0.15) is 0 Å². The number of hydrogen-bond acceptors (Lipinski definition) is 2. The average molecular weight is 309 g/mol. The Morgan fingerprint density at radius 1 is 1.25 bits per heavy atom. The summed E-state index contributed by atoms with van der Waals surface area (Å²) in [5.74, 6) is 0. The molecule has 2 N–H and O–H groups in total. The van der Waals surface area contributed by atoms with Crippen LogP contribution in [0.5, 0.6) is 0 Å². The van der Waals surface area contributed by atoms with Gasteiger partial charge in [0.25, 0.3) is 0 Å². The van der Waals surface area contributed by atoms with Crippen LogP contribution >= 0.6 is 23.8 Å². The van der Waals surface area contributed by atoms with Gasteiger partial charge in [-0.3, -0.25) is 4.68 Å². The molecule has 0 unspecified atom stereocenters. The lowest BCUT2D eigenvalue weighted by atomic mass is 10.2. The van der Waals surface area contributed by atoms with Gasteiger partial charge in [0.2, 0.25) is 0 Å². The second kappa shape index (κ2) is 6.72. The van der Waals surface area contributed by atoms with Gasteiger partial charge in [0, 0.05) is 36.9 Å². The van der Waals surface area contributed by atoms with Gasteiger partial charge < -0.3 is 10.6 Å². The highest BCUT2D eigenvalue weighted by molar-refractivity contribution is 7.80. The predicted octanol–water partition coefficient (Wildman–Crippen LogP) is 2.55. The highest BCUT2D eigenvalue weighted by Crippen LogP contribution is 2.09. The molecule has 6 heteroatoms. The van der Waals surface area contributed by atoms with Crippen LogP contribution in [-0.2, 0) is 20.1 Å². The van der Waals surface area contributed by atoms with Gasteiger partial charge in [-0.1, -0.05) is 23.7 Å². The molecule has 0 aliphatic carbocycles. The lowest BCUT2D eigenvalue weighted by molar-refractivity contribution is 0.756. The quantitative estimate of drug-likeness (QED) is 0.852. The average Bonchev–Trinajstić information content (AvgIpc) is 2.74. The molecule has 0 amide bonds. The Labute approximate surface area is 129 Å². The zero-order valence-electron chi connectivity index (χ0n) is 11.5. The van der Waals surface area contributed by atoms with E-state index in [-0.39, 0.29) is 0 Å². The monoisotopic (exact) mass is 308 g/mol. The van der Waals surface area contributed by atoms with Crippen LogP contribution in [0.3, 0.4) is 0 Å². The molecule has 20 heavy (non-hydrogen) atoms. The minimum Gasteiger partial charge on any atom is -0.359 e. The molecular weight excluding hydrogens is 292 g/mol. The first-order valence-corrected chi connectivity index (χ1v) is 7.08. The van der Waals surface area contributed by atoms with Gasteiger partial charge in [0.15, 0.2) is 5.11 Å². The van der Waals surface area contributed by atoms with Crippen LogP contribution in [0.15, 0.2) is 30.5 Å². The Balaban J connectivity index is 1.78. The Morgan fingerprint density at radius 3 is 2.50 bits per heavy atom. The molecule has 1 heterocycles. The van der Waals surface area contributed by atoms with E-state index in [0.717, 1.165) is 21.8 Å². The number of nitrogens with zero attached hydrogens (tertiary/aromatic N) is 2. The Morgan fingerprint density at radius 2 is 1.90 bits per heavy atom. The molecule has 0 radical (unpaired) electrons. The third kappa shape index (κ3) is 4.21. The predicted molar refractivity (Wildman–Crippen MR) is 85.7 cm³/mol. The molecule has 0 aliphatic rings. The molecule has 0 aliphatic heterocycles. The number of benzene rings is 1. The maximum atomic E-state index is 5.84. The van der Waals surface area contributed by atoms with Crippen LogP contribution in [-0.4, -0.2) is 14.9 Å². The molecule has 0 spiro atoms. The van der Waals surface area contributed by atoms with E-state index in [1.165, 1.54) is 0 Å². The van der Waals surface area contributed by atoms with E-state index >= 15 is 0 Å². The van der Waals surface area contributed by atoms with Crippen molar-refractivity contribution in [2.24, 2.45) is 7.05 Å². The van der Waals surface area contributed by atoms with Crippen molar-refractivity contribution < 1.29 is 0 Å². The second-order valence-corrected chi connectivity index (χ2v) is 5.42. The van der Waals surface area contributed by atoms with Crippen LogP contribution in [0, 0.1) is 6.92 Å². The van der Waals surface area contributed by atoms with Crippen LogP contribution in [0.1, 0.15) is 16.8 Å². The molecular formula is C14H17ClN4S. The molecule has 0 bridgehead atoms. The van der Waals surface area contributed by atoms with Crippen LogP contribution in [0.4, 0.5) is 0 Å². The number of nitrogens with one attached hydrogen (secondary N) is 2. The van der Waals surface area contributed by atoms with Crippen LogP contribution in [0.25, 0.3) is 0 Å². The van der Waals surface area contributed by atoms with E-state index in [4.69, 9.17) is 23.8 Å². The number of rotatable bonds is 4. The molecule has 1 aromatic carbocycles. The first kappa shape index (κ1) is 14.8. The van der Waals surface area contributed by atoms with Gasteiger partial charge in [0.05, 0.1) is 5.69 Å². The molecule has 0 saturated heterocycles. The molecule has 0 fully saturated rings. The lowest BCUT2D eigenvalue weighted by Crippen LogP contribution is -2.34. The zero-order valence-corrected chi connectivity index (χ0v) is 13.1. The summed E-state index contributed by atoms with van der Waals surface area (Å²) in [4.78, 5) is 0. The van der Waals surface area contributed by atoms with E-state index in [1.54, 1.807) is 4.68 Å². The summed E-state index contributed by atoms with van der Waals surface area (Å²) in [5.41, 5.74) is 3.29. The molecule has 2 aromatic rings. The summed E-state index contributed by atoms with van der Waals surface area (Å²) < 4.78 is 1.80. The van der Waals surface area contributed by atoms with Crippen molar-refractivity contribution in [2.45, 2.75) is 20.0 Å². The smallest absolute Gasteiger partial charge is 0.166 e. The summed E-state index contributed by atoms with van der Waals surface area (Å²) in [6.07, 6.45) is 1.99. The fraction of sp³-hybridized carbons (Fsp3) is 0.286. The lowest BCUT2D eigenvalue weighted by Gasteiger charge is -2.10. The summed E-state index contributed by atoms with van der Waals surface area (Å²) in [5, 5.41) is 12.0. The number of aryl methyl sites for hydroxylation is 2. The van der Waals surface area contributed by atoms with Gasteiger partial charge in [-0.25, -0.2) is 0 Å². The van der Waals surface area contributed by atoms with Crippen molar-refractivity contribution in [2.75, 3.05) is 0 Å². The first-order valence-electron chi connectivity index (χ1n) is 6.30. The minimum absolute atomic E-state index is 0.628. The number of hydrogen-bond donors (Lipinski definition) is 2. The molecule has 2 rings (SSSR count). The van der Waals surface area contributed by atoms with Crippen molar-refractivity contribution in [1.82, 2.24) is 20.4 Å². The molecule has 4 nitrogen and oxygen atoms in total. The zero-order chi connectivity index (χ0) is 14.5. The molecule has 106 valence electrons. The van der Waals surface area contributed by atoms with E-state index in [9.17, 15) is 0 Å². The van der Waals surface area contributed by atoms with Crippen LogP contribution < -0.4 is 10.6 Å². The Kier molecular flexibility index (Phi) is 4.98. The summed E-state index contributed by atoms with van der Waals surface area (Å²) in [6.45, 7) is 3.34. The van der Waals surface area contributed by atoms with Crippen molar-refractivity contribution in [3.05, 3.63) is 52.3 Å². The largest absolute Gasteiger partial charge is 0.359 e. The topological polar surface area (TPSA) is 41.9 Å². The van der Waals surface area contributed by atoms with E-state index in [2.05, 4.69) is 15.7 Å². The van der Waals surface area contributed by atoms with Crippen molar-refractivity contribution in [3.63, 3.8) is 0 Å². The summed E-state index contributed by atoms with van der Waals surface area (Å²) >= 11 is 11.1. The third-order valence-electron chi connectivity index (χ3n) is 2.92. The van der Waals surface area contributed by atoms with Crippen LogP contribution in [0.2, 0.25) is 5.02 Å². The molecule has 0 atom stereocenters. The number of halogens is 1. The van der Waals surface area contributed by atoms with Crippen molar-refractivity contribution >= 4 is 28.9 Å². The fourth-order valence-corrected chi connectivity index (χ4v) is 2.12. The van der Waals surface area contributed by atoms with Gasteiger partial charge in [-0.05, 0) is 36.8 Å². The fourth-order valence-electron chi connectivity index (χ4n) is 1.84. The number of thiocarbonyl (C=S) groups is 1. The van der Waals surface area contributed by atoms with Crippen molar-refractivity contribution in [3.8, 4) is 0 Å². The van der Waals surface area contributed by atoms with E-state index < -0.39 is 0 Å². The summed E-state index contributed by atoms with van der Waals surface area (Å²) in [7, 11) is 1.91. The highest BCUT2D eigenvalue weighted by atomic mass is 35.5. The molecule has 0 saturated carbocycles. The Bertz CT molecular complexity index is 592. The number of aromatic nitrogens is 2. The maximum Gasteiger partial charge on any atom is 0.166 e. The second-order valence-electron chi connectivity index (χ2n) is 4.58. The maximum absolute atomic E-state index is 5.84. The Hall–Kier alpha value is -1.59. The van der Waals surface area contributed by atoms with Gasteiger partial charge >= 0.3 is 0 Å². The van der Waals surface area contributed by atoms with E-state index in [1.807, 2.05) is 44.4 Å². The normalized spacial score (nSPS) is 10.3. The van der Waals surface area contributed by atoms with Gasteiger partial charge in [-0.15, -0.1) is 0 Å². The first-order chi connectivity index (χ1) is 9.54. The molecule has 1 aromatic heterocycles. The van der Waals surface area contributed by atoms with Gasteiger partial charge in [-0.2, -0.15) is 5.10 Å². The standard InChI is InChI=1S/C14H17ClN4S/c1-10-12(9-19(2)18-10)8-17-14(20)16-7-11-3-5-13(15)6-4-11/h3-6,9H,7-8H2,1-2H3,(H2,16,17,20). The SMILES string of the molecule is Cc1nn(C)cc1CNC(=S)NCc1ccc(Cl)cc1.